The third-order valence-corrected chi connectivity index (χ3v) is 9.71. The van der Waals surface area contributed by atoms with E-state index < -0.39 is 58.0 Å². The summed E-state index contributed by atoms with van der Waals surface area (Å²) in [5.41, 5.74) is -4.95. The van der Waals surface area contributed by atoms with Crippen LogP contribution >= 0.6 is 22.6 Å². The smallest absolute Gasteiger partial charge is 0.497 e. The van der Waals surface area contributed by atoms with E-state index in [0.717, 1.165) is 5.56 Å². The lowest BCUT2D eigenvalue weighted by molar-refractivity contribution is -0.164. The molecule has 0 amide bonds. The van der Waals surface area contributed by atoms with Crippen molar-refractivity contribution in [2.45, 2.75) is 103 Å². The van der Waals surface area contributed by atoms with Crippen molar-refractivity contribution in [3.63, 3.8) is 0 Å². The lowest BCUT2D eigenvalue weighted by Crippen LogP contribution is -2.47. The molecule has 0 aliphatic carbocycles. The standard InChI is InChI=1S/C32H50F3IO11S/c1-9-20(2)29(46-23(5)37)22(4)27(45-19-44-18-24-13-14-25(41-6)17-28(24)42-7)15-12-21(3)30(43-8)31(26(38)11-10-16-36)47-48(39,40)32(33,34)35/h10,13-14,16-17,20-22,26-27,29-31,38H,9,11-12,15,18-19H2,1-8H3/b16-10+/t20-,21+,22-,26+,27-,29-,30+,31?/m1/s1. The average Bonchev–Trinajstić information content (AvgIpc) is 3.04. The highest BCUT2D eigenvalue weighted by Crippen LogP contribution is 2.33. The molecule has 0 bridgehead atoms. The predicted octanol–water partition coefficient (Wildman–Crippen LogP) is 6.54. The minimum Gasteiger partial charge on any atom is -0.497 e. The van der Waals surface area contributed by atoms with E-state index in [1.807, 2.05) is 43.4 Å². The highest BCUT2D eigenvalue weighted by molar-refractivity contribution is 14.1. The Labute approximate surface area is 296 Å². The fourth-order valence-corrected chi connectivity index (χ4v) is 6.21. The molecular weight excluding hydrogens is 776 g/mol. The summed E-state index contributed by atoms with van der Waals surface area (Å²) in [5, 5.41) is 10.7. The summed E-state index contributed by atoms with van der Waals surface area (Å²) in [7, 11) is -1.78. The van der Waals surface area contributed by atoms with Crippen LogP contribution in [-0.4, -0.2) is 83.6 Å². The average molecular weight is 827 g/mol. The number of hydrogen-bond acceptors (Lipinski definition) is 11. The monoisotopic (exact) mass is 826 g/mol. The van der Waals surface area contributed by atoms with Gasteiger partial charge in [0.2, 0.25) is 0 Å². The van der Waals surface area contributed by atoms with E-state index in [2.05, 4.69) is 4.18 Å². The van der Waals surface area contributed by atoms with Gasteiger partial charge in [-0.05, 0) is 47.3 Å². The molecule has 1 aromatic carbocycles. The molecule has 48 heavy (non-hydrogen) atoms. The molecule has 0 fully saturated rings. The topological polar surface area (TPSA) is 136 Å². The van der Waals surface area contributed by atoms with Crippen LogP contribution in [0.3, 0.4) is 0 Å². The number of carbonyl (C=O) groups is 1. The highest BCUT2D eigenvalue weighted by atomic mass is 127. The fourth-order valence-electron chi connectivity index (χ4n) is 5.28. The first-order chi connectivity index (χ1) is 22.5. The molecule has 1 aromatic rings. The van der Waals surface area contributed by atoms with Crippen LogP contribution in [0.2, 0.25) is 0 Å². The van der Waals surface area contributed by atoms with E-state index in [9.17, 15) is 31.5 Å². The molecule has 16 heteroatoms. The Hall–Kier alpha value is -1.70. The predicted molar refractivity (Wildman–Crippen MR) is 181 cm³/mol. The Balaban J connectivity index is 3.27. The summed E-state index contributed by atoms with van der Waals surface area (Å²) in [5.74, 6) is -0.292. The zero-order valence-corrected chi connectivity index (χ0v) is 31.7. The minimum atomic E-state index is -6.05. The Morgan fingerprint density at radius 1 is 1.02 bits per heavy atom. The number of ether oxygens (including phenoxy) is 6. The second kappa shape index (κ2) is 21.5. The van der Waals surface area contributed by atoms with Crippen molar-refractivity contribution in [2.24, 2.45) is 17.8 Å². The van der Waals surface area contributed by atoms with Crippen molar-refractivity contribution in [3.8, 4) is 11.5 Å². The third-order valence-electron chi connectivity index (χ3n) is 8.16. The fraction of sp³-hybridized carbons (Fsp3) is 0.719. The van der Waals surface area contributed by atoms with E-state index in [-0.39, 0.29) is 44.5 Å². The molecule has 1 N–H and O–H groups in total. The van der Waals surface area contributed by atoms with Gasteiger partial charge in [0.1, 0.15) is 30.5 Å². The molecule has 0 radical (unpaired) electrons. The van der Waals surface area contributed by atoms with E-state index in [1.165, 1.54) is 31.3 Å². The Bertz CT molecular complexity index is 1230. The molecule has 1 rings (SSSR count). The molecule has 0 saturated carbocycles. The molecular formula is C32H50F3IO11S. The number of esters is 1. The summed E-state index contributed by atoms with van der Waals surface area (Å²) < 4.78 is 104. The van der Waals surface area contributed by atoms with E-state index in [4.69, 9.17) is 28.4 Å². The van der Waals surface area contributed by atoms with Gasteiger partial charge in [-0.2, -0.15) is 21.6 Å². The number of methoxy groups -OCH3 is 3. The number of alkyl halides is 3. The van der Waals surface area contributed by atoms with Crippen molar-refractivity contribution in [1.82, 2.24) is 0 Å². The van der Waals surface area contributed by atoms with Gasteiger partial charge in [-0.3, -0.25) is 8.98 Å². The number of hydrogen-bond donors (Lipinski definition) is 1. The van der Waals surface area contributed by atoms with Crippen LogP contribution < -0.4 is 9.47 Å². The van der Waals surface area contributed by atoms with Crippen LogP contribution in [0.15, 0.2) is 28.4 Å². The summed E-state index contributed by atoms with van der Waals surface area (Å²) in [6.07, 6.45) is -3.32. The summed E-state index contributed by atoms with van der Waals surface area (Å²) in [4.78, 5) is 12.0. The lowest BCUT2D eigenvalue weighted by atomic mass is 9.83. The van der Waals surface area contributed by atoms with E-state index >= 15 is 0 Å². The van der Waals surface area contributed by atoms with Crippen LogP contribution in [0.5, 0.6) is 11.5 Å². The number of halogens is 4. The van der Waals surface area contributed by atoms with Crippen LogP contribution in [0.4, 0.5) is 13.2 Å². The molecule has 0 aromatic heterocycles. The quantitative estimate of drug-likeness (QED) is 0.0322. The molecule has 0 heterocycles. The summed E-state index contributed by atoms with van der Waals surface area (Å²) >= 11 is 1.87. The lowest BCUT2D eigenvalue weighted by Gasteiger charge is -2.36. The maximum absolute atomic E-state index is 13.3. The van der Waals surface area contributed by atoms with Gasteiger partial charge in [0.05, 0.1) is 39.1 Å². The van der Waals surface area contributed by atoms with Gasteiger partial charge in [-0.25, -0.2) is 0 Å². The largest absolute Gasteiger partial charge is 0.523 e. The summed E-state index contributed by atoms with van der Waals surface area (Å²) in [6, 6.07) is 5.29. The van der Waals surface area contributed by atoms with Gasteiger partial charge in [0, 0.05) is 31.6 Å². The number of carbonyl (C=O) groups excluding carboxylic acids is 1. The Morgan fingerprint density at radius 2 is 1.69 bits per heavy atom. The number of aliphatic hydroxyl groups is 1. The normalized spacial score (nSPS) is 17.6. The molecule has 11 nitrogen and oxygen atoms in total. The van der Waals surface area contributed by atoms with Crippen molar-refractivity contribution in [1.29, 1.82) is 0 Å². The maximum Gasteiger partial charge on any atom is 0.523 e. The zero-order chi connectivity index (χ0) is 36.7. The molecule has 0 saturated heterocycles. The van der Waals surface area contributed by atoms with Gasteiger partial charge in [-0.15, -0.1) is 0 Å². The highest BCUT2D eigenvalue weighted by Gasteiger charge is 2.51. The van der Waals surface area contributed by atoms with Gasteiger partial charge >= 0.3 is 21.6 Å². The van der Waals surface area contributed by atoms with Gasteiger partial charge < -0.3 is 33.5 Å². The van der Waals surface area contributed by atoms with Crippen molar-refractivity contribution < 1.29 is 64.1 Å². The molecule has 1 unspecified atom stereocenters. The molecule has 0 aliphatic heterocycles. The van der Waals surface area contributed by atoms with Gasteiger partial charge in [0.25, 0.3) is 0 Å². The second-order valence-corrected chi connectivity index (χ2v) is 13.8. The molecule has 0 spiro atoms. The Kier molecular flexibility index (Phi) is 19.9. The van der Waals surface area contributed by atoms with E-state index in [1.54, 1.807) is 32.2 Å². The number of aliphatic hydroxyl groups excluding tert-OH is 1. The minimum absolute atomic E-state index is 0.0323. The molecule has 0 aliphatic rings. The third kappa shape index (κ3) is 13.9. The first-order valence-electron chi connectivity index (χ1n) is 15.5. The van der Waals surface area contributed by atoms with Crippen LogP contribution in [0.25, 0.3) is 0 Å². The number of rotatable bonds is 23. The Morgan fingerprint density at radius 3 is 2.21 bits per heavy atom. The van der Waals surface area contributed by atoms with Gasteiger partial charge in [-0.1, -0.05) is 62.8 Å². The van der Waals surface area contributed by atoms with Crippen LogP contribution in [0, 0.1) is 17.8 Å². The maximum atomic E-state index is 13.3. The first kappa shape index (κ1) is 44.3. The van der Waals surface area contributed by atoms with Crippen molar-refractivity contribution in [2.75, 3.05) is 28.1 Å². The number of benzene rings is 1. The molecule has 8 atom stereocenters. The first-order valence-corrected chi connectivity index (χ1v) is 18.2. The van der Waals surface area contributed by atoms with Crippen LogP contribution in [-0.2, 0) is 44.7 Å². The second-order valence-electron chi connectivity index (χ2n) is 11.5. The SMILES string of the molecule is CC[C@@H](C)[C@@H](OC(C)=O)[C@H](C)[C@@H](CC[C@H](C)[C@H](OC)C(OS(=O)(=O)C(F)(F)F)[C@@H](O)C/C=C/I)OCOCc1ccc(OC)cc1OC. The van der Waals surface area contributed by atoms with Crippen molar-refractivity contribution >= 4 is 38.7 Å². The molecule has 278 valence electrons. The summed E-state index contributed by atoms with van der Waals surface area (Å²) in [6.45, 7) is 8.75. The van der Waals surface area contributed by atoms with Crippen molar-refractivity contribution in [3.05, 3.63) is 33.9 Å². The zero-order valence-electron chi connectivity index (χ0n) is 28.7. The van der Waals surface area contributed by atoms with Gasteiger partial charge in [0.15, 0.2) is 0 Å². The van der Waals surface area contributed by atoms with Crippen LogP contribution in [0.1, 0.15) is 65.9 Å². The van der Waals surface area contributed by atoms with E-state index in [0.29, 0.717) is 17.9 Å².